The summed E-state index contributed by atoms with van der Waals surface area (Å²) in [4.78, 5) is 1.40. The number of thiophene rings is 1. The van der Waals surface area contributed by atoms with Gasteiger partial charge in [0, 0.05) is 18.5 Å². The van der Waals surface area contributed by atoms with Crippen molar-refractivity contribution in [2.75, 3.05) is 20.7 Å². The Kier molecular flexibility index (Phi) is 5.03. The van der Waals surface area contributed by atoms with Gasteiger partial charge in [0.2, 0.25) is 10.0 Å². The molecule has 0 saturated heterocycles. The number of rotatable bonds is 6. The third-order valence-electron chi connectivity index (χ3n) is 3.26. The lowest BCUT2D eigenvalue weighted by molar-refractivity contribution is 0.398. The van der Waals surface area contributed by atoms with Gasteiger partial charge in [0.1, 0.15) is 10.6 Å². The summed E-state index contributed by atoms with van der Waals surface area (Å²) in [5.74, 6) is 0.378. The summed E-state index contributed by atoms with van der Waals surface area (Å²) in [6.45, 7) is 2.31. The molecule has 0 N–H and O–H groups in total. The summed E-state index contributed by atoms with van der Waals surface area (Å²) in [6.07, 6.45) is 0.710. The van der Waals surface area contributed by atoms with Gasteiger partial charge in [0.05, 0.1) is 7.11 Å². The van der Waals surface area contributed by atoms with Gasteiger partial charge >= 0.3 is 0 Å². The Morgan fingerprint density at radius 1 is 1.29 bits per heavy atom. The van der Waals surface area contributed by atoms with Crippen LogP contribution in [-0.4, -0.2) is 33.4 Å². The Labute approximate surface area is 130 Å². The lowest BCUT2D eigenvalue weighted by Crippen LogP contribution is -2.29. The smallest absolute Gasteiger partial charge is 0.246 e. The molecule has 0 fully saturated rings. The maximum atomic E-state index is 12.7. The minimum atomic E-state index is -3.54. The first kappa shape index (κ1) is 16.0. The van der Waals surface area contributed by atoms with Crippen molar-refractivity contribution in [2.24, 2.45) is 0 Å². The largest absolute Gasteiger partial charge is 0.495 e. The van der Waals surface area contributed by atoms with Crippen molar-refractivity contribution in [1.29, 1.82) is 0 Å². The van der Waals surface area contributed by atoms with Crippen LogP contribution in [0.2, 0.25) is 0 Å². The van der Waals surface area contributed by atoms with E-state index in [2.05, 4.69) is 0 Å². The van der Waals surface area contributed by atoms with Gasteiger partial charge in [0.25, 0.3) is 0 Å². The van der Waals surface area contributed by atoms with Gasteiger partial charge in [-0.2, -0.15) is 0 Å². The van der Waals surface area contributed by atoms with E-state index in [0.717, 1.165) is 5.56 Å². The van der Waals surface area contributed by atoms with Crippen LogP contribution in [0.1, 0.15) is 10.4 Å². The maximum absolute atomic E-state index is 12.7. The zero-order valence-electron chi connectivity index (χ0n) is 12.4. The van der Waals surface area contributed by atoms with Crippen molar-refractivity contribution >= 4 is 21.4 Å². The highest BCUT2D eigenvalue weighted by Gasteiger charge is 2.24. The predicted octanol–water partition coefficient (Wildman–Crippen LogP) is 2.93. The first-order valence-electron chi connectivity index (χ1n) is 6.58. The number of nitrogens with zero attached hydrogens (tertiary/aromatic N) is 1. The van der Waals surface area contributed by atoms with E-state index < -0.39 is 10.0 Å². The Bertz CT molecular complexity index is 694. The number of benzene rings is 1. The fourth-order valence-corrected chi connectivity index (χ4v) is 4.10. The molecule has 1 aromatic carbocycles. The maximum Gasteiger partial charge on any atom is 0.246 e. The Hall–Kier alpha value is -1.37. The summed E-state index contributed by atoms with van der Waals surface area (Å²) in [5.41, 5.74) is 0.890. The minimum Gasteiger partial charge on any atom is -0.495 e. The summed E-state index contributed by atoms with van der Waals surface area (Å²) in [6, 6.07) is 9.16. The third-order valence-corrected chi connectivity index (χ3v) is 6.07. The highest BCUT2D eigenvalue weighted by molar-refractivity contribution is 7.89. The van der Waals surface area contributed by atoms with E-state index in [1.54, 1.807) is 30.5 Å². The van der Waals surface area contributed by atoms with Crippen molar-refractivity contribution in [1.82, 2.24) is 4.31 Å². The van der Waals surface area contributed by atoms with E-state index in [1.165, 1.54) is 16.3 Å². The first-order valence-corrected chi connectivity index (χ1v) is 8.90. The molecule has 0 spiro atoms. The molecular weight excluding hydrogens is 306 g/mol. The standard InChI is InChI=1S/C15H19NO3S2/c1-12-6-7-14(19-3)15(11-12)21(17,18)16(2)9-8-13-5-4-10-20-13/h4-7,10-11H,8-9H2,1-3H3. The van der Waals surface area contributed by atoms with E-state index in [0.29, 0.717) is 18.7 Å². The average Bonchev–Trinajstić information content (AvgIpc) is 2.97. The van der Waals surface area contributed by atoms with Gasteiger partial charge in [-0.05, 0) is 42.5 Å². The number of sulfonamides is 1. The first-order chi connectivity index (χ1) is 9.95. The van der Waals surface area contributed by atoms with E-state index in [9.17, 15) is 8.42 Å². The van der Waals surface area contributed by atoms with Crippen LogP contribution in [0, 0.1) is 6.92 Å². The SMILES string of the molecule is COc1ccc(C)cc1S(=O)(=O)N(C)CCc1cccs1. The van der Waals surface area contributed by atoms with Crippen LogP contribution >= 0.6 is 11.3 Å². The van der Waals surface area contributed by atoms with Crippen LogP contribution in [0.15, 0.2) is 40.6 Å². The van der Waals surface area contributed by atoms with Gasteiger partial charge in [-0.15, -0.1) is 11.3 Å². The molecule has 0 unspecified atom stereocenters. The fourth-order valence-electron chi connectivity index (χ4n) is 2.00. The van der Waals surface area contributed by atoms with E-state index in [1.807, 2.05) is 30.5 Å². The van der Waals surface area contributed by atoms with Gasteiger partial charge < -0.3 is 4.74 Å². The van der Waals surface area contributed by atoms with Gasteiger partial charge in [-0.3, -0.25) is 0 Å². The zero-order valence-corrected chi connectivity index (χ0v) is 14.0. The highest BCUT2D eigenvalue weighted by Crippen LogP contribution is 2.27. The molecule has 0 aliphatic carbocycles. The lowest BCUT2D eigenvalue weighted by Gasteiger charge is -2.19. The normalized spacial score (nSPS) is 11.8. The van der Waals surface area contributed by atoms with E-state index >= 15 is 0 Å². The van der Waals surface area contributed by atoms with Gasteiger partial charge in [-0.25, -0.2) is 12.7 Å². The van der Waals surface area contributed by atoms with Crippen LogP contribution in [-0.2, 0) is 16.4 Å². The number of ether oxygens (including phenoxy) is 1. The quantitative estimate of drug-likeness (QED) is 0.820. The van der Waals surface area contributed by atoms with Crippen molar-refractivity contribution < 1.29 is 13.2 Å². The minimum absolute atomic E-state index is 0.221. The van der Waals surface area contributed by atoms with Crippen LogP contribution in [0.5, 0.6) is 5.75 Å². The van der Waals surface area contributed by atoms with Crippen LogP contribution < -0.4 is 4.74 Å². The molecule has 2 rings (SSSR count). The summed E-state index contributed by atoms with van der Waals surface area (Å²) < 4.78 is 31.9. The number of aryl methyl sites for hydroxylation is 1. The molecule has 0 saturated carbocycles. The van der Waals surface area contributed by atoms with Crippen molar-refractivity contribution in [2.45, 2.75) is 18.2 Å². The summed E-state index contributed by atoms with van der Waals surface area (Å²) in [7, 11) is -0.461. The Morgan fingerprint density at radius 3 is 2.67 bits per heavy atom. The van der Waals surface area contributed by atoms with Crippen LogP contribution in [0.4, 0.5) is 0 Å². The molecule has 21 heavy (non-hydrogen) atoms. The molecule has 0 atom stereocenters. The molecule has 0 bridgehead atoms. The molecule has 0 aliphatic heterocycles. The molecule has 114 valence electrons. The molecule has 6 heteroatoms. The molecular formula is C15H19NO3S2. The summed E-state index contributed by atoms with van der Waals surface area (Å²) >= 11 is 1.64. The lowest BCUT2D eigenvalue weighted by atomic mass is 10.2. The zero-order chi connectivity index (χ0) is 15.5. The van der Waals surface area contributed by atoms with E-state index in [-0.39, 0.29) is 4.90 Å². The fraction of sp³-hybridized carbons (Fsp3) is 0.333. The predicted molar refractivity (Wildman–Crippen MR) is 85.6 cm³/mol. The second-order valence-corrected chi connectivity index (χ2v) is 7.86. The molecule has 1 aromatic heterocycles. The van der Waals surface area contributed by atoms with Crippen LogP contribution in [0.3, 0.4) is 0 Å². The third kappa shape index (κ3) is 3.64. The molecule has 0 amide bonds. The topological polar surface area (TPSA) is 46.6 Å². The molecule has 2 aromatic rings. The molecule has 4 nitrogen and oxygen atoms in total. The Balaban J connectivity index is 2.22. The average molecular weight is 325 g/mol. The monoisotopic (exact) mass is 325 g/mol. The van der Waals surface area contributed by atoms with Crippen molar-refractivity contribution in [3.8, 4) is 5.75 Å². The second kappa shape index (κ2) is 6.60. The molecule has 0 radical (unpaired) electrons. The molecule has 1 heterocycles. The number of hydrogen-bond acceptors (Lipinski definition) is 4. The summed E-state index contributed by atoms with van der Waals surface area (Å²) in [5, 5.41) is 1.99. The van der Waals surface area contributed by atoms with Crippen molar-refractivity contribution in [3.05, 3.63) is 46.2 Å². The second-order valence-electron chi connectivity index (χ2n) is 4.81. The highest BCUT2D eigenvalue weighted by atomic mass is 32.2. The van der Waals surface area contributed by atoms with Gasteiger partial charge in [-0.1, -0.05) is 12.1 Å². The number of likely N-dealkylation sites (N-methyl/N-ethyl adjacent to an activating group) is 1. The van der Waals surface area contributed by atoms with Gasteiger partial charge in [0.15, 0.2) is 0 Å². The molecule has 0 aliphatic rings. The number of methoxy groups -OCH3 is 1. The van der Waals surface area contributed by atoms with E-state index in [4.69, 9.17) is 4.74 Å². The van der Waals surface area contributed by atoms with Crippen LogP contribution in [0.25, 0.3) is 0 Å². The number of hydrogen-bond donors (Lipinski definition) is 0. The Morgan fingerprint density at radius 2 is 2.05 bits per heavy atom. The van der Waals surface area contributed by atoms with Crippen molar-refractivity contribution in [3.63, 3.8) is 0 Å².